The molecule has 2 rings (SSSR count). The van der Waals surface area contributed by atoms with Crippen molar-refractivity contribution >= 4 is 5.97 Å². The number of nitrogens with one attached hydrogen (secondary N) is 1. The van der Waals surface area contributed by atoms with Crippen molar-refractivity contribution in [3.05, 3.63) is 44.9 Å². The maximum absolute atomic E-state index is 11.5. The van der Waals surface area contributed by atoms with E-state index in [1.165, 1.54) is 12.3 Å². The molecule has 0 unspecified atom stereocenters. The molecule has 0 aromatic carbocycles. The van der Waals surface area contributed by atoms with E-state index in [2.05, 4.69) is 0 Å². The molecule has 96 valence electrons. The molecule has 0 radical (unpaired) electrons. The quantitative estimate of drug-likeness (QED) is 0.621. The standard InChI is InChI=1S/C10H10N2O6/c13-6-3-5(4-8(15)16)18-9(6)12-2-1-7(14)11-10(12)17/h1-3,6,9,13H,4H2,(H,15,16)(H,11,14,17)/t6-,9-/m1/s1. The molecule has 0 saturated heterocycles. The van der Waals surface area contributed by atoms with Crippen LogP contribution in [0, 0.1) is 0 Å². The fourth-order valence-electron chi connectivity index (χ4n) is 1.64. The van der Waals surface area contributed by atoms with Gasteiger partial charge < -0.3 is 14.9 Å². The van der Waals surface area contributed by atoms with Crippen molar-refractivity contribution < 1.29 is 19.7 Å². The van der Waals surface area contributed by atoms with Crippen LogP contribution in [-0.4, -0.2) is 31.8 Å². The van der Waals surface area contributed by atoms with Crippen LogP contribution in [0.2, 0.25) is 0 Å². The second-order valence-corrected chi connectivity index (χ2v) is 3.72. The Bertz CT molecular complexity index is 613. The van der Waals surface area contributed by atoms with E-state index in [1.54, 1.807) is 0 Å². The fraction of sp³-hybridized carbons (Fsp3) is 0.300. The summed E-state index contributed by atoms with van der Waals surface area (Å²) in [5.74, 6) is -1.04. The summed E-state index contributed by atoms with van der Waals surface area (Å²) in [7, 11) is 0. The Morgan fingerprint density at radius 2 is 2.22 bits per heavy atom. The normalized spacial score (nSPS) is 22.4. The van der Waals surface area contributed by atoms with Gasteiger partial charge in [-0.15, -0.1) is 0 Å². The molecule has 0 aliphatic carbocycles. The number of rotatable bonds is 3. The maximum Gasteiger partial charge on any atom is 0.331 e. The van der Waals surface area contributed by atoms with Crippen LogP contribution in [0.15, 0.2) is 33.7 Å². The molecule has 1 aliphatic rings. The highest BCUT2D eigenvalue weighted by Gasteiger charge is 2.30. The molecule has 2 heterocycles. The van der Waals surface area contributed by atoms with Crippen molar-refractivity contribution in [3.8, 4) is 0 Å². The minimum absolute atomic E-state index is 0.0677. The summed E-state index contributed by atoms with van der Waals surface area (Å²) in [6, 6.07) is 1.10. The minimum atomic E-state index is -1.15. The predicted molar refractivity (Wildman–Crippen MR) is 57.8 cm³/mol. The minimum Gasteiger partial charge on any atom is -0.481 e. The highest BCUT2D eigenvalue weighted by molar-refractivity contribution is 5.69. The molecule has 1 aromatic heterocycles. The number of aliphatic hydroxyl groups is 1. The zero-order valence-corrected chi connectivity index (χ0v) is 9.07. The largest absolute Gasteiger partial charge is 0.481 e. The van der Waals surface area contributed by atoms with E-state index >= 15 is 0 Å². The number of aliphatic carboxylic acids is 1. The van der Waals surface area contributed by atoms with Gasteiger partial charge in [0.05, 0.1) is 0 Å². The molecule has 0 amide bonds. The zero-order chi connectivity index (χ0) is 13.3. The number of aromatic nitrogens is 2. The van der Waals surface area contributed by atoms with Gasteiger partial charge in [0.25, 0.3) is 5.56 Å². The number of aromatic amines is 1. The second kappa shape index (κ2) is 4.49. The van der Waals surface area contributed by atoms with E-state index in [9.17, 15) is 19.5 Å². The third kappa shape index (κ3) is 2.33. The number of hydrogen-bond acceptors (Lipinski definition) is 5. The van der Waals surface area contributed by atoms with Gasteiger partial charge >= 0.3 is 11.7 Å². The lowest BCUT2D eigenvalue weighted by atomic mass is 10.3. The Balaban J connectivity index is 2.25. The highest BCUT2D eigenvalue weighted by Crippen LogP contribution is 2.26. The molecule has 0 fully saturated rings. The van der Waals surface area contributed by atoms with Gasteiger partial charge in [0.2, 0.25) is 6.23 Å². The molecule has 8 nitrogen and oxygen atoms in total. The lowest BCUT2D eigenvalue weighted by Gasteiger charge is -2.17. The van der Waals surface area contributed by atoms with Gasteiger partial charge in [-0.3, -0.25) is 19.1 Å². The summed E-state index contributed by atoms with van der Waals surface area (Å²) in [6.45, 7) is 0. The Morgan fingerprint density at radius 3 is 2.83 bits per heavy atom. The summed E-state index contributed by atoms with van der Waals surface area (Å²) < 4.78 is 6.15. The lowest BCUT2D eigenvalue weighted by molar-refractivity contribution is -0.137. The van der Waals surface area contributed by atoms with Crippen molar-refractivity contribution in [2.75, 3.05) is 0 Å². The van der Waals surface area contributed by atoms with E-state index in [-0.39, 0.29) is 12.2 Å². The average Bonchev–Trinajstić information content (AvgIpc) is 2.58. The lowest BCUT2D eigenvalue weighted by Crippen LogP contribution is -2.35. The summed E-state index contributed by atoms with van der Waals surface area (Å²) in [5.41, 5.74) is -1.31. The first-order chi connectivity index (χ1) is 8.47. The van der Waals surface area contributed by atoms with Gasteiger partial charge in [-0.1, -0.05) is 0 Å². The van der Waals surface area contributed by atoms with Crippen molar-refractivity contribution in [2.45, 2.75) is 18.8 Å². The van der Waals surface area contributed by atoms with Gasteiger partial charge in [-0.05, 0) is 6.08 Å². The fourth-order valence-corrected chi connectivity index (χ4v) is 1.64. The van der Waals surface area contributed by atoms with Crippen molar-refractivity contribution in [1.82, 2.24) is 9.55 Å². The molecule has 0 saturated carbocycles. The first-order valence-corrected chi connectivity index (χ1v) is 5.06. The highest BCUT2D eigenvalue weighted by atomic mass is 16.5. The van der Waals surface area contributed by atoms with Gasteiger partial charge in [0, 0.05) is 12.3 Å². The number of carbonyl (C=O) groups is 1. The third-order valence-electron chi connectivity index (χ3n) is 2.37. The van der Waals surface area contributed by atoms with Crippen molar-refractivity contribution in [3.63, 3.8) is 0 Å². The molecule has 0 bridgehead atoms. The number of ether oxygens (including phenoxy) is 1. The van der Waals surface area contributed by atoms with Gasteiger partial charge in [-0.2, -0.15) is 0 Å². The summed E-state index contributed by atoms with van der Waals surface area (Å²) >= 11 is 0. The Kier molecular flexibility index (Phi) is 3.02. The molecule has 1 aliphatic heterocycles. The summed E-state index contributed by atoms with van der Waals surface area (Å²) in [5, 5.41) is 18.3. The monoisotopic (exact) mass is 254 g/mol. The molecule has 1 aromatic rings. The molecular weight excluding hydrogens is 244 g/mol. The molecule has 2 atom stereocenters. The van der Waals surface area contributed by atoms with E-state index in [0.717, 1.165) is 10.6 Å². The van der Waals surface area contributed by atoms with Crippen LogP contribution in [0.4, 0.5) is 0 Å². The molecule has 0 spiro atoms. The number of nitrogens with zero attached hydrogens (tertiary/aromatic N) is 1. The van der Waals surface area contributed by atoms with Crippen LogP contribution in [-0.2, 0) is 9.53 Å². The van der Waals surface area contributed by atoms with Crippen LogP contribution in [0.5, 0.6) is 0 Å². The van der Waals surface area contributed by atoms with Crippen molar-refractivity contribution in [2.24, 2.45) is 0 Å². The maximum atomic E-state index is 11.5. The Hall–Kier alpha value is -2.35. The SMILES string of the molecule is O=C(O)CC1=C[C@@H](O)[C@H](n2ccc(=O)[nH]c2=O)O1. The summed E-state index contributed by atoms with van der Waals surface area (Å²) in [4.78, 5) is 34.9. The van der Waals surface area contributed by atoms with E-state index < -0.39 is 29.6 Å². The number of hydrogen-bond donors (Lipinski definition) is 3. The number of carboxylic acids is 1. The van der Waals surface area contributed by atoms with Crippen molar-refractivity contribution in [1.29, 1.82) is 0 Å². The molecular formula is C10H10N2O6. The Labute approximate surface area is 99.8 Å². The predicted octanol–water partition coefficient (Wildman–Crippen LogP) is -1.22. The topological polar surface area (TPSA) is 122 Å². The molecule has 8 heteroatoms. The van der Waals surface area contributed by atoms with E-state index in [1.807, 2.05) is 4.98 Å². The Morgan fingerprint density at radius 1 is 1.50 bits per heavy atom. The van der Waals surface area contributed by atoms with Gasteiger partial charge in [-0.25, -0.2) is 4.79 Å². The first kappa shape index (κ1) is 12.1. The zero-order valence-electron chi connectivity index (χ0n) is 9.07. The molecule has 3 N–H and O–H groups in total. The van der Waals surface area contributed by atoms with Crippen LogP contribution >= 0.6 is 0 Å². The smallest absolute Gasteiger partial charge is 0.331 e. The van der Waals surface area contributed by atoms with Gasteiger partial charge in [0.1, 0.15) is 18.3 Å². The van der Waals surface area contributed by atoms with E-state index in [4.69, 9.17) is 9.84 Å². The average molecular weight is 254 g/mol. The van der Waals surface area contributed by atoms with Crippen LogP contribution in [0.1, 0.15) is 12.6 Å². The van der Waals surface area contributed by atoms with Gasteiger partial charge in [0.15, 0.2) is 0 Å². The van der Waals surface area contributed by atoms with Crippen LogP contribution < -0.4 is 11.2 Å². The van der Waals surface area contributed by atoms with E-state index in [0.29, 0.717) is 0 Å². The third-order valence-corrected chi connectivity index (χ3v) is 2.37. The first-order valence-electron chi connectivity index (χ1n) is 5.06. The number of H-pyrrole nitrogens is 1. The number of aliphatic hydroxyl groups excluding tert-OH is 1. The van der Waals surface area contributed by atoms with Crippen LogP contribution in [0.3, 0.4) is 0 Å². The second-order valence-electron chi connectivity index (χ2n) is 3.72. The van der Waals surface area contributed by atoms with Crippen LogP contribution in [0.25, 0.3) is 0 Å². The number of carboxylic acid groups (broad SMARTS) is 1. The molecule has 18 heavy (non-hydrogen) atoms. The summed E-state index contributed by atoms with van der Waals surface area (Å²) in [6.07, 6.45) is -0.208.